The first kappa shape index (κ1) is 21.2. The number of benzene rings is 3. The van der Waals surface area contributed by atoms with E-state index >= 15 is 0 Å². The van der Waals surface area contributed by atoms with Gasteiger partial charge >= 0.3 is 0 Å². The Hall–Kier alpha value is -4.00. The van der Waals surface area contributed by atoms with Crippen molar-refractivity contribution in [2.75, 3.05) is 23.8 Å². The van der Waals surface area contributed by atoms with Crippen LogP contribution in [0.5, 0.6) is 23.0 Å². The molecule has 0 radical (unpaired) electrons. The van der Waals surface area contributed by atoms with Crippen molar-refractivity contribution >= 4 is 23.2 Å². The zero-order valence-electron chi connectivity index (χ0n) is 17.7. The number of fused-ring (bicyclic) bond motifs is 1. The number of ether oxygens (including phenoxy) is 3. The largest absolute Gasteiger partial charge is 0.494 e. The van der Waals surface area contributed by atoms with Gasteiger partial charge in [0.1, 0.15) is 17.2 Å². The first-order chi connectivity index (χ1) is 15.6. The summed E-state index contributed by atoms with van der Waals surface area (Å²) < 4.78 is 17.0. The molecule has 164 valence electrons. The summed E-state index contributed by atoms with van der Waals surface area (Å²) >= 11 is 0. The van der Waals surface area contributed by atoms with Crippen molar-refractivity contribution in [2.24, 2.45) is 0 Å². The zero-order valence-corrected chi connectivity index (χ0v) is 17.7. The minimum absolute atomic E-state index is 0.0108. The van der Waals surface area contributed by atoms with Crippen molar-refractivity contribution in [3.05, 3.63) is 72.3 Å². The molecule has 32 heavy (non-hydrogen) atoms. The third-order valence-corrected chi connectivity index (χ3v) is 4.87. The molecule has 4 rings (SSSR count). The van der Waals surface area contributed by atoms with Crippen molar-refractivity contribution in [3.8, 4) is 23.0 Å². The summed E-state index contributed by atoms with van der Waals surface area (Å²) in [5.41, 5.74) is 2.33. The van der Waals surface area contributed by atoms with E-state index < -0.39 is 0 Å². The summed E-state index contributed by atoms with van der Waals surface area (Å²) in [6.45, 7) is 2.37. The fraction of sp³-hybridized carbons (Fsp3) is 0.200. The summed E-state index contributed by atoms with van der Waals surface area (Å²) in [7, 11) is 0. The molecule has 7 heteroatoms. The highest BCUT2D eigenvalue weighted by molar-refractivity contribution is 5.94. The van der Waals surface area contributed by atoms with Crippen molar-refractivity contribution in [3.63, 3.8) is 0 Å². The lowest BCUT2D eigenvalue weighted by Gasteiger charge is -2.17. The minimum atomic E-state index is -0.307. The Morgan fingerprint density at radius 1 is 0.938 bits per heavy atom. The summed E-state index contributed by atoms with van der Waals surface area (Å²) in [4.78, 5) is 23.9. The van der Waals surface area contributed by atoms with E-state index in [1.807, 2.05) is 49.4 Å². The quantitative estimate of drug-likeness (QED) is 0.535. The molecule has 3 aromatic carbocycles. The Balaban J connectivity index is 1.36. The summed E-state index contributed by atoms with van der Waals surface area (Å²) in [5, 5.41) is 5.66. The van der Waals surface area contributed by atoms with Gasteiger partial charge in [-0.3, -0.25) is 9.59 Å². The molecule has 0 spiro atoms. The fourth-order valence-corrected chi connectivity index (χ4v) is 3.34. The number of hydrogen-bond donors (Lipinski definition) is 2. The molecule has 3 aromatic rings. The molecular weight excluding hydrogens is 408 g/mol. The highest BCUT2D eigenvalue weighted by atomic mass is 16.5. The van der Waals surface area contributed by atoms with Crippen LogP contribution in [0.3, 0.4) is 0 Å². The molecule has 0 saturated carbocycles. The van der Waals surface area contributed by atoms with Crippen LogP contribution in [0.4, 0.5) is 11.4 Å². The highest BCUT2D eigenvalue weighted by Gasteiger charge is 2.16. The van der Waals surface area contributed by atoms with Crippen molar-refractivity contribution in [1.82, 2.24) is 0 Å². The number of nitrogens with one attached hydrogen (secondary N) is 2. The van der Waals surface area contributed by atoms with Gasteiger partial charge in [-0.1, -0.05) is 12.1 Å². The molecule has 0 atom stereocenters. The van der Waals surface area contributed by atoms with Gasteiger partial charge in [0.25, 0.3) is 5.91 Å². The Kier molecular flexibility index (Phi) is 6.55. The lowest BCUT2D eigenvalue weighted by Crippen LogP contribution is -2.21. The summed E-state index contributed by atoms with van der Waals surface area (Å²) in [5.74, 6) is 2.20. The topological polar surface area (TPSA) is 85.9 Å². The van der Waals surface area contributed by atoms with Crippen LogP contribution in [-0.2, 0) is 16.0 Å². The molecule has 0 fully saturated rings. The Bertz CT molecular complexity index is 1110. The number of carbonyl (C=O) groups is 2. The fourth-order valence-electron chi connectivity index (χ4n) is 3.34. The van der Waals surface area contributed by atoms with E-state index in [4.69, 9.17) is 14.2 Å². The van der Waals surface area contributed by atoms with Crippen LogP contribution >= 0.6 is 0 Å². The van der Waals surface area contributed by atoms with E-state index in [0.29, 0.717) is 42.4 Å². The maximum atomic E-state index is 12.5. The molecule has 0 aliphatic carbocycles. The average molecular weight is 432 g/mol. The lowest BCUT2D eigenvalue weighted by molar-refractivity contribution is -0.118. The van der Waals surface area contributed by atoms with Gasteiger partial charge in [0, 0.05) is 12.1 Å². The van der Waals surface area contributed by atoms with E-state index in [-0.39, 0.29) is 18.4 Å². The number of hydrogen-bond acceptors (Lipinski definition) is 5. The SMILES string of the molecule is CCOc1ccc(Oc2ccccc2NC(=O)COc2ccc3c(c2)CCC(=O)N3)cc1. The van der Waals surface area contributed by atoms with Gasteiger partial charge in [0.05, 0.1) is 12.3 Å². The molecule has 2 amide bonds. The number of anilines is 2. The summed E-state index contributed by atoms with van der Waals surface area (Å²) in [6, 6.07) is 19.9. The van der Waals surface area contributed by atoms with E-state index in [9.17, 15) is 9.59 Å². The zero-order chi connectivity index (χ0) is 22.3. The van der Waals surface area contributed by atoms with Gasteiger partial charge in [-0.05, 0) is 73.5 Å². The molecule has 1 aliphatic rings. The molecule has 1 heterocycles. The highest BCUT2D eigenvalue weighted by Crippen LogP contribution is 2.30. The first-order valence-corrected chi connectivity index (χ1v) is 10.5. The van der Waals surface area contributed by atoms with Gasteiger partial charge in [0.2, 0.25) is 5.91 Å². The number of carbonyl (C=O) groups excluding carboxylic acids is 2. The van der Waals surface area contributed by atoms with Gasteiger partial charge < -0.3 is 24.8 Å². The standard InChI is InChI=1S/C25H24N2O5/c1-2-30-18-8-10-19(11-9-18)32-23-6-4-3-5-22(23)27-25(29)16-31-20-12-13-21-17(15-20)7-14-24(28)26-21/h3-6,8-13,15H,2,7,14,16H2,1H3,(H,26,28)(H,27,29). The Morgan fingerprint density at radius 3 is 2.50 bits per heavy atom. The Morgan fingerprint density at radius 2 is 1.69 bits per heavy atom. The van der Waals surface area contributed by atoms with E-state index in [0.717, 1.165) is 17.0 Å². The van der Waals surface area contributed by atoms with Crippen LogP contribution in [0, 0.1) is 0 Å². The minimum Gasteiger partial charge on any atom is -0.494 e. The molecule has 0 bridgehead atoms. The average Bonchev–Trinajstić information content (AvgIpc) is 2.80. The summed E-state index contributed by atoms with van der Waals surface area (Å²) in [6.07, 6.45) is 1.10. The molecule has 2 N–H and O–H groups in total. The van der Waals surface area contributed by atoms with Crippen LogP contribution in [-0.4, -0.2) is 25.0 Å². The molecule has 1 aliphatic heterocycles. The second kappa shape index (κ2) is 9.87. The second-order valence-corrected chi connectivity index (χ2v) is 7.21. The number of rotatable bonds is 8. The smallest absolute Gasteiger partial charge is 0.262 e. The van der Waals surface area contributed by atoms with Crippen molar-refractivity contribution in [1.29, 1.82) is 0 Å². The first-order valence-electron chi connectivity index (χ1n) is 10.5. The molecule has 7 nitrogen and oxygen atoms in total. The second-order valence-electron chi connectivity index (χ2n) is 7.21. The van der Waals surface area contributed by atoms with Crippen LogP contribution in [0.15, 0.2) is 66.7 Å². The third kappa shape index (κ3) is 5.37. The lowest BCUT2D eigenvalue weighted by atomic mass is 10.0. The predicted octanol–water partition coefficient (Wildman–Crippen LogP) is 4.78. The van der Waals surface area contributed by atoms with Gasteiger partial charge in [-0.2, -0.15) is 0 Å². The van der Waals surface area contributed by atoms with Crippen LogP contribution < -0.4 is 24.8 Å². The van der Waals surface area contributed by atoms with E-state index in [2.05, 4.69) is 10.6 Å². The molecule has 0 saturated heterocycles. The molecule has 0 aromatic heterocycles. The van der Waals surface area contributed by atoms with Gasteiger partial charge in [-0.25, -0.2) is 0 Å². The monoisotopic (exact) mass is 432 g/mol. The number of aryl methyl sites for hydroxylation is 1. The third-order valence-electron chi connectivity index (χ3n) is 4.87. The number of para-hydroxylation sites is 2. The van der Waals surface area contributed by atoms with Gasteiger partial charge in [0.15, 0.2) is 12.4 Å². The molecular formula is C25H24N2O5. The van der Waals surface area contributed by atoms with E-state index in [1.165, 1.54) is 0 Å². The van der Waals surface area contributed by atoms with Crippen LogP contribution in [0.2, 0.25) is 0 Å². The molecule has 0 unspecified atom stereocenters. The predicted molar refractivity (Wildman–Crippen MR) is 122 cm³/mol. The normalized spacial score (nSPS) is 12.3. The maximum absolute atomic E-state index is 12.5. The van der Waals surface area contributed by atoms with Crippen molar-refractivity contribution in [2.45, 2.75) is 19.8 Å². The van der Waals surface area contributed by atoms with Gasteiger partial charge in [-0.15, -0.1) is 0 Å². The van der Waals surface area contributed by atoms with Crippen LogP contribution in [0.25, 0.3) is 0 Å². The Labute approximate surface area is 186 Å². The number of amides is 2. The maximum Gasteiger partial charge on any atom is 0.262 e. The van der Waals surface area contributed by atoms with Crippen LogP contribution in [0.1, 0.15) is 18.9 Å². The van der Waals surface area contributed by atoms with E-state index in [1.54, 1.807) is 24.3 Å². The van der Waals surface area contributed by atoms with Crippen molar-refractivity contribution < 1.29 is 23.8 Å².